The molecule has 0 aromatic heterocycles. The van der Waals surface area contributed by atoms with Crippen LogP contribution in [0, 0.1) is 17.8 Å². The number of aliphatic hydroxyl groups excluding tert-OH is 1. The minimum absolute atomic E-state index is 0.0175. The first kappa shape index (κ1) is 65.3. The Bertz CT molecular complexity index is 2190. The van der Waals surface area contributed by atoms with Gasteiger partial charge in [-0.1, -0.05) is 84.7 Å². The van der Waals surface area contributed by atoms with Crippen LogP contribution in [0.2, 0.25) is 0 Å². The molecule has 418 valence electrons. The zero-order chi connectivity index (χ0) is 57.3. The van der Waals surface area contributed by atoms with E-state index in [0.29, 0.717) is 12.0 Å². The van der Waals surface area contributed by atoms with Crippen molar-refractivity contribution >= 4 is 76.9 Å². The van der Waals surface area contributed by atoms with Gasteiger partial charge in [0.05, 0.1) is 25.5 Å². The molecule has 0 heterocycles. The highest BCUT2D eigenvalue weighted by atomic mass is 16.4. The second-order valence-corrected chi connectivity index (χ2v) is 18.7. The molecule has 1 aromatic carbocycles. The highest BCUT2D eigenvalue weighted by molar-refractivity contribution is 6.00. The van der Waals surface area contributed by atoms with Crippen LogP contribution in [0.4, 0.5) is 0 Å². The van der Waals surface area contributed by atoms with Crippen LogP contribution in [0.3, 0.4) is 0 Å². The number of benzene rings is 1. The van der Waals surface area contributed by atoms with Gasteiger partial charge in [0.1, 0.15) is 48.3 Å². The predicted molar refractivity (Wildman–Crippen MR) is 268 cm³/mol. The average molecular weight is 1060 g/mol. The number of hydrogen-bond acceptors (Lipinski definition) is 14. The summed E-state index contributed by atoms with van der Waals surface area (Å²) in [4.78, 5) is 169. The van der Waals surface area contributed by atoms with Crippen molar-refractivity contribution in [2.45, 2.75) is 161 Å². The minimum Gasteiger partial charge on any atom is -0.481 e. The molecule has 12 amide bonds. The number of rotatable bonds is 34. The summed E-state index contributed by atoms with van der Waals surface area (Å²) in [6, 6.07) is -3.78. The smallest absolute Gasteiger partial charge is 0.303 e. The first-order valence-electron chi connectivity index (χ1n) is 24.5. The van der Waals surface area contributed by atoms with E-state index in [4.69, 9.17) is 17.2 Å². The van der Waals surface area contributed by atoms with E-state index in [9.17, 15) is 72.5 Å². The molecule has 17 N–H and O–H groups in total. The van der Waals surface area contributed by atoms with Gasteiger partial charge in [-0.3, -0.25) is 62.3 Å². The molecular weight excluding hydrogens is 985 g/mol. The van der Waals surface area contributed by atoms with Gasteiger partial charge in [-0.05, 0) is 43.1 Å². The summed E-state index contributed by atoms with van der Waals surface area (Å²) in [5.74, 6) is -14.7. The Labute approximate surface area is 434 Å². The second kappa shape index (κ2) is 32.5. The van der Waals surface area contributed by atoms with Crippen LogP contribution < -0.4 is 65.1 Å². The summed E-state index contributed by atoms with van der Waals surface area (Å²) < 4.78 is 0. The van der Waals surface area contributed by atoms with Crippen LogP contribution in [0.1, 0.15) is 106 Å². The Morgan fingerprint density at radius 3 is 1.37 bits per heavy atom. The van der Waals surface area contributed by atoms with Gasteiger partial charge in [0, 0.05) is 19.8 Å². The molecule has 0 aliphatic heterocycles. The maximum absolute atomic E-state index is 14.3. The molecule has 1 aromatic rings. The lowest BCUT2D eigenvalue weighted by Crippen LogP contribution is -2.62. The van der Waals surface area contributed by atoms with E-state index in [1.807, 2.05) is 13.8 Å². The first-order valence-corrected chi connectivity index (χ1v) is 24.5. The zero-order valence-electron chi connectivity index (χ0n) is 43.6. The van der Waals surface area contributed by atoms with Gasteiger partial charge >= 0.3 is 5.97 Å². The predicted octanol–water partition coefficient (Wildman–Crippen LogP) is -4.14. The fourth-order valence-corrected chi connectivity index (χ4v) is 7.29. The number of aliphatic carboxylic acids is 1. The maximum atomic E-state index is 14.3. The number of amides is 12. The Kier molecular flexibility index (Phi) is 28.3. The Hall–Kier alpha value is -7.71. The molecule has 0 saturated carbocycles. The van der Waals surface area contributed by atoms with Crippen molar-refractivity contribution in [3.63, 3.8) is 0 Å². The van der Waals surface area contributed by atoms with E-state index >= 15 is 0 Å². The van der Waals surface area contributed by atoms with E-state index in [2.05, 4.69) is 47.9 Å². The van der Waals surface area contributed by atoms with E-state index in [0.717, 1.165) is 6.92 Å². The fraction of sp³-hybridized carbons (Fsp3) is 0.604. The van der Waals surface area contributed by atoms with Gasteiger partial charge in [-0.2, -0.15) is 0 Å². The lowest BCUT2D eigenvalue weighted by atomic mass is 9.94. The van der Waals surface area contributed by atoms with Crippen molar-refractivity contribution < 1.29 is 72.5 Å². The number of aliphatic hydroxyl groups is 1. The van der Waals surface area contributed by atoms with Crippen molar-refractivity contribution in [3.05, 3.63) is 35.9 Å². The number of carbonyl (C=O) groups is 13. The highest BCUT2D eigenvalue weighted by Crippen LogP contribution is 2.15. The van der Waals surface area contributed by atoms with Crippen LogP contribution in [0.15, 0.2) is 30.3 Å². The molecule has 0 aliphatic rings. The maximum Gasteiger partial charge on any atom is 0.303 e. The topological polar surface area (TPSA) is 449 Å². The molecule has 1 rings (SSSR count). The molecule has 0 aliphatic carbocycles. The molecule has 0 spiro atoms. The van der Waals surface area contributed by atoms with Gasteiger partial charge in [0.15, 0.2) is 0 Å². The van der Waals surface area contributed by atoms with Gasteiger partial charge in [-0.25, -0.2) is 0 Å². The van der Waals surface area contributed by atoms with Crippen LogP contribution in [-0.4, -0.2) is 148 Å². The molecule has 27 nitrogen and oxygen atoms in total. The molecule has 0 saturated heterocycles. The fourth-order valence-electron chi connectivity index (χ4n) is 7.29. The Balaban J connectivity index is 3.56. The van der Waals surface area contributed by atoms with Crippen molar-refractivity contribution in [2.24, 2.45) is 35.0 Å². The molecule has 0 unspecified atom stereocenters. The number of carboxylic acid groups (broad SMARTS) is 1. The Morgan fingerprint density at radius 1 is 0.507 bits per heavy atom. The standard InChI is InChI=1S/C48H76N12O15/c1-9-24(5)38(59-48(75)39(25(6)10-2)58-44(71)31(19-28-14-12-11-13-15-28)55-42(69)30(18-23(3)4)53-27(8)62)47(74)57-32(20-34(49)63)43(70)54-29(16-17-37(66)67)41(68)56-33(21-35(50)64)45(72)60-40(26(7)61)46(73)52-22-36(51)65/h11-15,23-26,29-33,38-40,61H,9-10,16-22H2,1-8H3,(H2,49,63)(H2,50,64)(H2,51,65)(H,52,73)(H,53,62)(H,54,70)(H,55,69)(H,56,68)(H,57,74)(H,58,71)(H,59,75)(H,60,72)(H,66,67)/t24-,25-,26+,29-,30-,31-,32-,33-,38-,39-,40-/m0/s1. The van der Waals surface area contributed by atoms with Crippen molar-refractivity contribution in [2.75, 3.05) is 6.54 Å². The third-order valence-electron chi connectivity index (χ3n) is 11.8. The van der Waals surface area contributed by atoms with E-state index < -0.39 is 175 Å². The molecule has 0 bridgehead atoms. The lowest BCUT2D eigenvalue weighted by Gasteiger charge is -2.31. The van der Waals surface area contributed by atoms with Gasteiger partial charge in [-0.15, -0.1) is 0 Å². The normalized spacial score (nSPS) is 15.4. The summed E-state index contributed by atoms with van der Waals surface area (Å²) in [6.45, 7) is 12.0. The molecular formula is C48H76N12O15. The quantitative estimate of drug-likeness (QED) is 0.0312. The Morgan fingerprint density at radius 2 is 0.920 bits per heavy atom. The number of nitrogens with two attached hydrogens (primary N) is 3. The lowest BCUT2D eigenvalue weighted by molar-refractivity contribution is -0.139. The van der Waals surface area contributed by atoms with Crippen molar-refractivity contribution in [1.29, 1.82) is 0 Å². The van der Waals surface area contributed by atoms with E-state index in [1.54, 1.807) is 58.0 Å². The molecule has 0 radical (unpaired) electrons. The number of carboxylic acids is 1. The monoisotopic (exact) mass is 1060 g/mol. The number of hydrogen-bond donors (Lipinski definition) is 14. The molecule has 0 fully saturated rings. The van der Waals surface area contributed by atoms with Gasteiger partial charge in [0.2, 0.25) is 70.9 Å². The second-order valence-electron chi connectivity index (χ2n) is 18.7. The number of primary amides is 3. The first-order chi connectivity index (χ1) is 35.0. The van der Waals surface area contributed by atoms with Crippen LogP contribution in [-0.2, 0) is 68.7 Å². The van der Waals surface area contributed by atoms with Gasteiger partial charge < -0.3 is 75.3 Å². The third-order valence-corrected chi connectivity index (χ3v) is 11.8. The number of nitrogens with one attached hydrogen (secondary N) is 9. The summed E-state index contributed by atoms with van der Waals surface area (Å²) in [6.07, 6.45) is -4.10. The van der Waals surface area contributed by atoms with Crippen LogP contribution in [0.25, 0.3) is 0 Å². The molecule has 75 heavy (non-hydrogen) atoms. The van der Waals surface area contributed by atoms with Gasteiger partial charge in [0.25, 0.3) is 0 Å². The zero-order valence-corrected chi connectivity index (χ0v) is 43.6. The summed E-state index contributed by atoms with van der Waals surface area (Å²) >= 11 is 0. The summed E-state index contributed by atoms with van der Waals surface area (Å²) in [7, 11) is 0. The highest BCUT2D eigenvalue weighted by Gasteiger charge is 2.38. The van der Waals surface area contributed by atoms with Crippen molar-refractivity contribution in [3.8, 4) is 0 Å². The largest absolute Gasteiger partial charge is 0.481 e. The van der Waals surface area contributed by atoms with Crippen molar-refractivity contribution in [1.82, 2.24) is 47.9 Å². The van der Waals surface area contributed by atoms with Crippen LogP contribution in [0.5, 0.6) is 0 Å². The average Bonchev–Trinajstić information content (AvgIpc) is 3.32. The third kappa shape index (κ3) is 24.3. The van der Waals surface area contributed by atoms with Crippen LogP contribution >= 0.6 is 0 Å². The van der Waals surface area contributed by atoms with E-state index in [1.165, 1.54) is 6.92 Å². The number of carbonyl (C=O) groups excluding carboxylic acids is 12. The molecule has 27 heteroatoms. The summed E-state index contributed by atoms with van der Waals surface area (Å²) in [5.41, 5.74) is 16.5. The SMILES string of the molecule is CC[C@H](C)[C@H](NC(=O)[C@H](Cc1ccccc1)NC(=O)[C@H](CC(C)C)NC(C)=O)C(=O)N[C@H](C(=O)N[C@@H](CC(N)=O)C(=O)N[C@@H](CCC(=O)O)C(=O)N[C@@H](CC(N)=O)C(=O)N[C@H](C(=O)NCC(N)=O)[C@@H](C)O)[C@@H](C)CC. The minimum atomic E-state index is -1.92. The van der Waals surface area contributed by atoms with E-state index in [-0.39, 0.29) is 25.2 Å². The molecule has 11 atom stereocenters. The summed E-state index contributed by atoms with van der Waals surface area (Å²) in [5, 5.41) is 41.2.